The second-order valence-corrected chi connectivity index (χ2v) is 7.63. The van der Waals surface area contributed by atoms with Crippen molar-refractivity contribution in [3.05, 3.63) is 15.6 Å². The van der Waals surface area contributed by atoms with E-state index in [-0.39, 0.29) is 0 Å². The Bertz CT molecular complexity index is 397. The van der Waals surface area contributed by atoms with E-state index in [1.807, 2.05) is 18.4 Å². The lowest BCUT2D eigenvalue weighted by molar-refractivity contribution is 0.343. The van der Waals surface area contributed by atoms with Gasteiger partial charge < -0.3 is 5.32 Å². The predicted molar refractivity (Wildman–Crippen MR) is 83.8 cm³/mol. The van der Waals surface area contributed by atoms with Gasteiger partial charge in [0.2, 0.25) is 0 Å². The van der Waals surface area contributed by atoms with E-state index in [1.54, 1.807) is 0 Å². The standard InChI is InChI=1S/C16H28N2S/c1-11(2)8-14-15(10-17-4)19-16(18-14)13-7-5-6-12(3)9-13/h11-13,17H,5-10H2,1-4H3. The molecule has 1 saturated carbocycles. The van der Waals surface area contributed by atoms with Crippen molar-refractivity contribution in [2.75, 3.05) is 7.05 Å². The summed E-state index contributed by atoms with van der Waals surface area (Å²) in [7, 11) is 2.03. The van der Waals surface area contributed by atoms with E-state index in [0.717, 1.165) is 24.8 Å². The third-order valence-corrected chi connectivity index (χ3v) is 5.28. The average molecular weight is 280 g/mol. The number of nitrogens with zero attached hydrogens (tertiary/aromatic N) is 1. The van der Waals surface area contributed by atoms with Gasteiger partial charge in [0, 0.05) is 17.3 Å². The predicted octanol–water partition coefficient (Wildman–Crippen LogP) is 4.35. The molecule has 1 aliphatic rings. The van der Waals surface area contributed by atoms with Gasteiger partial charge in [-0.05, 0) is 38.1 Å². The molecular formula is C16H28N2S. The van der Waals surface area contributed by atoms with Gasteiger partial charge in [-0.15, -0.1) is 11.3 Å². The Hall–Kier alpha value is -0.410. The van der Waals surface area contributed by atoms with Crippen LogP contribution in [0, 0.1) is 11.8 Å². The number of thiazole rings is 1. The Balaban J connectivity index is 2.16. The van der Waals surface area contributed by atoms with Crippen molar-refractivity contribution in [3.63, 3.8) is 0 Å². The highest BCUT2D eigenvalue weighted by Gasteiger charge is 2.24. The summed E-state index contributed by atoms with van der Waals surface area (Å²) < 4.78 is 0. The summed E-state index contributed by atoms with van der Waals surface area (Å²) in [5.74, 6) is 2.30. The van der Waals surface area contributed by atoms with Crippen molar-refractivity contribution in [3.8, 4) is 0 Å². The van der Waals surface area contributed by atoms with Crippen molar-refractivity contribution in [2.45, 2.75) is 65.3 Å². The van der Waals surface area contributed by atoms with Crippen molar-refractivity contribution in [1.82, 2.24) is 10.3 Å². The van der Waals surface area contributed by atoms with Crippen LogP contribution in [0.4, 0.5) is 0 Å². The van der Waals surface area contributed by atoms with E-state index in [0.29, 0.717) is 5.92 Å². The minimum atomic E-state index is 0.691. The molecule has 0 amide bonds. The maximum atomic E-state index is 5.01. The van der Waals surface area contributed by atoms with Crippen LogP contribution in [-0.2, 0) is 13.0 Å². The Kier molecular flexibility index (Phi) is 5.40. The summed E-state index contributed by atoms with van der Waals surface area (Å²) in [6.45, 7) is 7.93. The average Bonchev–Trinajstić information content (AvgIpc) is 2.72. The van der Waals surface area contributed by atoms with Crippen molar-refractivity contribution in [2.24, 2.45) is 11.8 Å². The van der Waals surface area contributed by atoms with Crippen LogP contribution in [0.1, 0.15) is 68.0 Å². The van der Waals surface area contributed by atoms with E-state index in [4.69, 9.17) is 4.98 Å². The molecule has 1 aliphatic carbocycles. The molecule has 0 aromatic carbocycles. The SMILES string of the molecule is CNCc1sc(C2CCCC(C)C2)nc1CC(C)C. The quantitative estimate of drug-likeness (QED) is 0.867. The van der Waals surface area contributed by atoms with Gasteiger partial charge in [0.15, 0.2) is 0 Å². The van der Waals surface area contributed by atoms with Crippen LogP contribution in [0.25, 0.3) is 0 Å². The van der Waals surface area contributed by atoms with Gasteiger partial charge in [0.05, 0.1) is 10.7 Å². The van der Waals surface area contributed by atoms with Crippen molar-refractivity contribution < 1.29 is 0 Å². The Morgan fingerprint density at radius 3 is 2.79 bits per heavy atom. The first-order valence-electron chi connectivity index (χ1n) is 7.73. The zero-order chi connectivity index (χ0) is 13.8. The first kappa shape index (κ1) is 15.0. The van der Waals surface area contributed by atoms with E-state index >= 15 is 0 Å². The maximum Gasteiger partial charge on any atom is 0.0962 e. The van der Waals surface area contributed by atoms with Gasteiger partial charge in [-0.3, -0.25) is 0 Å². The molecule has 1 N–H and O–H groups in total. The second-order valence-electron chi connectivity index (χ2n) is 6.52. The molecule has 1 aromatic rings. The lowest BCUT2D eigenvalue weighted by Gasteiger charge is -2.24. The molecule has 1 heterocycles. The number of aromatic nitrogens is 1. The summed E-state index contributed by atoms with van der Waals surface area (Å²) in [5.41, 5.74) is 1.35. The molecule has 0 radical (unpaired) electrons. The highest BCUT2D eigenvalue weighted by molar-refractivity contribution is 7.11. The van der Waals surface area contributed by atoms with Gasteiger partial charge in [-0.25, -0.2) is 4.98 Å². The van der Waals surface area contributed by atoms with Crippen molar-refractivity contribution >= 4 is 11.3 Å². The van der Waals surface area contributed by atoms with Crippen molar-refractivity contribution in [1.29, 1.82) is 0 Å². The van der Waals surface area contributed by atoms with Gasteiger partial charge in [0.1, 0.15) is 0 Å². The summed E-state index contributed by atoms with van der Waals surface area (Å²) >= 11 is 1.96. The normalized spacial score (nSPS) is 24.1. The molecule has 19 heavy (non-hydrogen) atoms. The molecule has 2 unspecified atom stereocenters. The molecule has 2 rings (SSSR count). The third kappa shape index (κ3) is 4.03. The largest absolute Gasteiger partial charge is 0.315 e. The number of hydrogen-bond acceptors (Lipinski definition) is 3. The summed E-state index contributed by atoms with van der Waals surface area (Å²) in [6.07, 6.45) is 6.60. The molecule has 1 aromatic heterocycles. The highest BCUT2D eigenvalue weighted by Crippen LogP contribution is 2.38. The number of hydrogen-bond donors (Lipinski definition) is 1. The van der Waals surface area contributed by atoms with Gasteiger partial charge in [-0.1, -0.05) is 33.6 Å². The second kappa shape index (κ2) is 6.85. The zero-order valence-corrected chi connectivity index (χ0v) is 13.6. The highest BCUT2D eigenvalue weighted by atomic mass is 32.1. The van der Waals surface area contributed by atoms with Gasteiger partial charge >= 0.3 is 0 Å². The monoisotopic (exact) mass is 280 g/mol. The topological polar surface area (TPSA) is 24.9 Å². The van der Waals surface area contributed by atoms with E-state index < -0.39 is 0 Å². The summed E-state index contributed by atoms with van der Waals surface area (Å²) in [4.78, 5) is 6.47. The number of nitrogens with one attached hydrogen (secondary N) is 1. The third-order valence-electron chi connectivity index (χ3n) is 4.02. The van der Waals surface area contributed by atoms with E-state index in [9.17, 15) is 0 Å². The molecule has 2 atom stereocenters. The smallest absolute Gasteiger partial charge is 0.0962 e. The zero-order valence-electron chi connectivity index (χ0n) is 12.8. The van der Waals surface area contributed by atoms with Crippen LogP contribution in [0.3, 0.4) is 0 Å². The lowest BCUT2D eigenvalue weighted by Crippen LogP contribution is -2.11. The fraction of sp³-hybridized carbons (Fsp3) is 0.812. The molecule has 3 heteroatoms. The fourth-order valence-electron chi connectivity index (χ4n) is 3.08. The van der Waals surface area contributed by atoms with Gasteiger partial charge in [0.25, 0.3) is 0 Å². The molecule has 0 saturated heterocycles. The number of rotatable bonds is 5. The van der Waals surface area contributed by atoms with Crippen LogP contribution in [0.5, 0.6) is 0 Å². The summed E-state index contributed by atoms with van der Waals surface area (Å²) in [5, 5.41) is 4.70. The first-order chi connectivity index (χ1) is 9.10. The van der Waals surface area contributed by atoms with Crippen LogP contribution in [-0.4, -0.2) is 12.0 Å². The van der Waals surface area contributed by atoms with Crippen LogP contribution >= 0.6 is 11.3 Å². The van der Waals surface area contributed by atoms with Crippen LogP contribution in [0.2, 0.25) is 0 Å². The van der Waals surface area contributed by atoms with Crippen LogP contribution < -0.4 is 5.32 Å². The Morgan fingerprint density at radius 1 is 1.37 bits per heavy atom. The molecule has 108 valence electrons. The maximum absolute atomic E-state index is 5.01. The van der Waals surface area contributed by atoms with E-state index in [1.165, 1.54) is 41.3 Å². The molecule has 1 fully saturated rings. The fourth-order valence-corrected chi connectivity index (χ4v) is 4.33. The molecule has 0 bridgehead atoms. The van der Waals surface area contributed by atoms with E-state index in [2.05, 4.69) is 26.1 Å². The van der Waals surface area contributed by atoms with Gasteiger partial charge in [-0.2, -0.15) is 0 Å². The van der Waals surface area contributed by atoms with Crippen LogP contribution in [0.15, 0.2) is 0 Å². The molecule has 0 spiro atoms. The Labute approximate surface area is 122 Å². The summed E-state index contributed by atoms with van der Waals surface area (Å²) in [6, 6.07) is 0. The molecule has 2 nitrogen and oxygen atoms in total. The molecular weight excluding hydrogens is 252 g/mol. The minimum Gasteiger partial charge on any atom is -0.315 e. The minimum absolute atomic E-state index is 0.691. The first-order valence-corrected chi connectivity index (χ1v) is 8.54. The lowest BCUT2D eigenvalue weighted by atomic mass is 9.83. The Morgan fingerprint density at radius 2 is 2.16 bits per heavy atom. The molecule has 0 aliphatic heterocycles.